The molecule has 0 saturated carbocycles. The molecule has 5 aromatic rings. The quantitative estimate of drug-likeness (QED) is 0.155. The smallest absolute Gasteiger partial charge is 0.319 e. The minimum atomic E-state index is -0.961. The Morgan fingerprint density at radius 1 is 1.20 bits per heavy atom. The Labute approximate surface area is 295 Å². The second-order valence-electron chi connectivity index (χ2n) is 13.4. The van der Waals surface area contributed by atoms with Gasteiger partial charge < -0.3 is 19.4 Å². The number of alkyl halides is 1. The highest BCUT2D eigenvalue weighted by Crippen LogP contribution is 2.41. The third-order valence-electron chi connectivity index (χ3n) is 10.3. The number of aromatic nitrogens is 5. The van der Waals surface area contributed by atoms with Crippen molar-refractivity contribution in [1.82, 2.24) is 34.9 Å². The zero-order chi connectivity index (χ0) is 35.3. The number of ether oxygens (including phenoxy) is 1. The van der Waals surface area contributed by atoms with Gasteiger partial charge in [-0.1, -0.05) is 12.1 Å². The first kappa shape index (κ1) is 33.1. The van der Waals surface area contributed by atoms with Gasteiger partial charge in [-0.3, -0.25) is 14.8 Å². The van der Waals surface area contributed by atoms with Gasteiger partial charge in [-0.2, -0.15) is 15.1 Å². The molecule has 3 fully saturated rings. The molecule has 0 aliphatic carbocycles. The molecule has 0 bridgehead atoms. The maximum Gasteiger partial charge on any atom is 0.319 e. The van der Waals surface area contributed by atoms with Crippen LogP contribution in [0, 0.1) is 19.3 Å². The number of nitrogens with one attached hydrogen (secondary N) is 1. The number of piperazine rings is 1. The first-order chi connectivity index (χ1) is 24.7. The molecule has 0 unspecified atom stereocenters. The molecule has 2 aromatic carbocycles. The molecule has 3 aliphatic rings. The lowest BCUT2D eigenvalue weighted by atomic mass is 9.95. The Morgan fingerprint density at radius 2 is 2.08 bits per heavy atom. The number of nitrogens with zero attached hydrogens (tertiary/aromatic N) is 8. The van der Waals surface area contributed by atoms with Gasteiger partial charge in [-0.25, -0.2) is 24.7 Å². The Morgan fingerprint density at radius 3 is 2.90 bits per heavy atom. The van der Waals surface area contributed by atoms with E-state index in [1.807, 2.05) is 24.0 Å². The predicted molar refractivity (Wildman–Crippen MR) is 188 cm³/mol. The summed E-state index contributed by atoms with van der Waals surface area (Å²) < 4.78 is 52.9. The number of hydrogen-bond donors (Lipinski definition) is 1. The molecule has 8 rings (SSSR count). The molecule has 3 aromatic heterocycles. The number of fused-ring (bicyclic) bond motifs is 3. The van der Waals surface area contributed by atoms with Crippen LogP contribution in [0.1, 0.15) is 29.8 Å². The molecule has 3 saturated heterocycles. The first-order valence-electron chi connectivity index (χ1n) is 16.9. The van der Waals surface area contributed by atoms with E-state index in [-0.39, 0.29) is 44.3 Å². The topological polar surface area (TPSA) is 108 Å². The number of anilines is 1. The summed E-state index contributed by atoms with van der Waals surface area (Å²) in [7, 11) is 0. The lowest BCUT2D eigenvalue weighted by Crippen LogP contribution is -2.56. The second-order valence-corrected chi connectivity index (χ2v) is 14.3. The largest absolute Gasteiger partial charge is 0.461 e. The number of halogens is 3. The van der Waals surface area contributed by atoms with E-state index in [1.165, 1.54) is 22.4 Å². The zero-order valence-electron chi connectivity index (χ0n) is 27.8. The van der Waals surface area contributed by atoms with E-state index in [0.717, 1.165) is 41.9 Å². The summed E-state index contributed by atoms with van der Waals surface area (Å²) in [5.74, 6) is -1.98. The normalized spacial score (nSPS) is 22.5. The molecule has 262 valence electrons. The maximum absolute atomic E-state index is 16.9. The molecule has 0 spiro atoms. The fourth-order valence-corrected chi connectivity index (χ4v) is 8.50. The monoisotopic (exact) mass is 713 g/mol. The van der Waals surface area contributed by atoms with Gasteiger partial charge in [-0.05, 0) is 49.6 Å². The Bertz CT molecular complexity index is 2200. The van der Waals surface area contributed by atoms with Crippen molar-refractivity contribution in [2.24, 2.45) is 0 Å². The van der Waals surface area contributed by atoms with Gasteiger partial charge in [0.25, 0.3) is 5.91 Å². The number of thiazole rings is 1. The van der Waals surface area contributed by atoms with E-state index in [4.69, 9.17) is 16.3 Å². The van der Waals surface area contributed by atoms with Crippen LogP contribution in [0.5, 0.6) is 6.01 Å². The van der Waals surface area contributed by atoms with Crippen LogP contribution >= 0.6 is 11.3 Å². The van der Waals surface area contributed by atoms with Gasteiger partial charge in [0.05, 0.1) is 17.3 Å². The zero-order valence-corrected chi connectivity index (χ0v) is 28.6. The van der Waals surface area contributed by atoms with Crippen LogP contribution in [-0.4, -0.2) is 104 Å². The molecule has 3 atom stereocenters. The molecule has 1 N–H and O–H groups in total. The van der Waals surface area contributed by atoms with Crippen LogP contribution in [0.3, 0.4) is 0 Å². The minimum absolute atomic E-state index is 0.0422. The van der Waals surface area contributed by atoms with Gasteiger partial charge in [-0.15, -0.1) is 11.3 Å². The second kappa shape index (κ2) is 13.2. The minimum Gasteiger partial charge on any atom is -0.461 e. The number of aromatic amines is 1. The van der Waals surface area contributed by atoms with E-state index >= 15 is 8.78 Å². The number of carbonyl (C=O) groups excluding carboxylic acids is 1. The van der Waals surface area contributed by atoms with Gasteiger partial charge in [0.1, 0.15) is 35.2 Å². The van der Waals surface area contributed by atoms with Crippen molar-refractivity contribution in [3.05, 3.63) is 75.7 Å². The van der Waals surface area contributed by atoms with Crippen LogP contribution in [0.25, 0.3) is 43.9 Å². The average molecular weight is 714 g/mol. The van der Waals surface area contributed by atoms with E-state index in [1.54, 1.807) is 23.7 Å². The van der Waals surface area contributed by atoms with Gasteiger partial charge in [0.15, 0.2) is 11.6 Å². The third kappa shape index (κ3) is 5.95. The van der Waals surface area contributed by atoms with E-state index < -0.39 is 35.3 Å². The summed E-state index contributed by atoms with van der Waals surface area (Å²) in [5.41, 5.74) is 2.20. The van der Waals surface area contributed by atoms with E-state index in [9.17, 15) is 9.18 Å². The first-order valence-corrected chi connectivity index (χ1v) is 17.7. The highest BCUT2D eigenvalue weighted by Gasteiger charge is 2.49. The number of rotatable bonds is 8. The Balaban J connectivity index is 1.18. The summed E-state index contributed by atoms with van der Waals surface area (Å²) in [5, 5.41) is 10.3. The van der Waals surface area contributed by atoms with Crippen LogP contribution < -0.4 is 9.64 Å². The van der Waals surface area contributed by atoms with E-state index in [2.05, 4.69) is 29.9 Å². The molecule has 3 aliphatic heterocycles. The standard InChI is InChI=1S/C36H34F3N9O2S/c1-21-4-7-28-26(17-42-45-28)30(21)24-5-6-25-32(31(24)39)43-35(50-20-36-8-3-10-47(36)18-22(37)15-36)44-33(25)46-11-12-48(23(19-46)16-40-2)34(49)27(38)14-29-41-9-13-51-29/h4-7,9,13-14,17,22-23H,3,8,10-12,15-16,18-20H2,1H3,(H,42,45)/b27-14-/t22-,23+,36+/m1/s1. The molecule has 11 nitrogen and oxygen atoms in total. The summed E-state index contributed by atoms with van der Waals surface area (Å²) in [4.78, 5) is 35.6. The fourth-order valence-electron chi connectivity index (χ4n) is 7.95. The van der Waals surface area contributed by atoms with E-state index in [0.29, 0.717) is 40.3 Å². The lowest BCUT2D eigenvalue weighted by Gasteiger charge is -2.39. The summed E-state index contributed by atoms with van der Waals surface area (Å²) in [6, 6.07) is 6.54. The highest BCUT2D eigenvalue weighted by atomic mass is 32.1. The average Bonchev–Trinajstić information content (AvgIpc) is 3.93. The van der Waals surface area contributed by atoms with Crippen molar-refractivity contribution in [1.29, 1.82) is 0 Å². The van der Waals surface area contributed by atoms with Gasteiger partial charge >= 0.3 is 6.01 Å². The number of aryl methyl sites for hydroxylation is 1. The van der Waals surface area contributed by atoms with Crippen molar-refractivity contribution < 1.29 is 22.7 Å². The van der Waals surface area contributed by atoms with Crippen LogP contribution in [0.15, 0.2) is 47.9 Å². The lowest BCUT2D eigenvalue weighted by molar-refractivity contribution is -0.130. The predicted octanol–water partition coefficient (Wildman–Crippen LogP) is 5.98. The van der Waals surface area contributed by atoms with Crippen molar-refractivity contribution in [3.8, 4) is 17.1 Å². The van der Waals surface area contributed by atoms with Crippen LogP contribution in [-0.2, 0) is 4.79 Å². The number of carbonyl (C=O) groups is 1. The van der Waals surface area contributed by atoms with Crippen molar-refractivity contribution >= 4 is 50.9 Å². The summed E-state index contributed by atoms with van der Waals surface area (Å²) in [6.45, 7) is 11.2. The summed E-state index contributed by atoms with van der Waals surface area (Å²) in [6.07, 6.45) is 5.41. The molecular weight excluding hydrogens is 680 g/mol. The maximum atomic E-state index is 16.9. The van der Waals surface area contributed by atoms with Gasteiger partial charge in [0.2, 0.25) is 6.54 Å². The van der Waals surface area contributed by atoms with Gasteiger partial charge in [0, 0.05) is 66.6 Å². The Hall–Kier alpha value is -5.07. The number of benzene rings is 2. The van der Waals surface area contributed by atoms with Crippen LogP contribution in [0.4, 0.5) is 19.0 Å². The SMILES string of the molecule is [C-]#[N+]C[C@H]1CN(c2nc(OC[C@@]34CCCN3C[C@H](F)C4)nc3c(F)c(-c4c(C)ccc5[nH]ncc45)ccc23)CCN1C(=O)/C(F)=C/c1nccs1. The van der Waals surface area contributed by atoms with Crippen molar-refractivity contribution in [2.45, 2.75) is 43.9 Å². The number of H-pyrrole nitrogens is 1. The molecular formula is C36H34F3N9O2S. The molecule has 6 heterocycles. The molecule has 1 amide bonds. The van der Waals surface area contributed by atoms with Crippen molar-refractivity contribution in [2.75, 3.05) is 50.8 Å². The fraction of sp³-hybridized carbons (Fsp3) is 0.389. The molecule has 0 radical (unpaired) electrons. The number of amides is 1. The summed E-state index contributed by atoms with van der Waals surface area (Å²) >= 11 is 1.21. The van der Waals surface area contributed by atoms with Crippen LogP contribution in [0.2, 0.25) is 0 Å². The Kier molecular flexibility index (Phi) is 8.59. The highest BCUT2D eigenvalue weighted by molar-refractivity contribution is 7.10. The molecule has 15 heteroatoms. The third-order valence-corrected chi connectivity index (χ3v) is 11.1. The number of hydrogen-bond acceptors (Lipinski definition) is 9. The van der Waals surface area contributed by atoms with Crippen molar-refractivity contribution in [3.63, 3.8) is 0 Å². The molecule has 51 heavy (non-hydrogen) atoms.